The molecule has 0 unspecified atom stereocenters. The Bertz CT molecular complexity index is 563. The highest BCUT2D eigenvalue weighted by Gasteiger charge is 2.29. The van der Waals surface area contributed by atoms with E-state index < -0.39 is 0 Å². The van der Waals surface area contributed by atoms with Gasteiger partial charge in [-0.2, -0.15) is 0 Å². The van der Waals surface area contributed by atoms with Gasteiger partial charge in [0.2, 0.25) is 5.91 Å². The number of hydrogen-bond acceptors (Lipinski definition) is 3. The standard InChI is InChI=1S/C22H33NO3/c1-2-26-21-12-6-16(7-13-21)14-17-4-3-5-18(15-17)22(25)23-19-8-10-20(24)11-9-19/h6-7,12-13,17-20,24H,2-5,8-11,14-15H2,1H3,(H,23,25)/t17-,18+,19?,20?/m0/s1. The van der Waals surface area contributed by atoms with E-state index in [1.807, 2.05) is 19.1 Å². The van der Waals surface area contributed by atoms with Crippen LogP contribution < -0.4 is 10.1 Å². The van der Waals surface area contributed by atoms with E-state index >= 15 is 0 Å². The lowest BCUT2D eigenvalue weighted by Gasteiger charge is -2.31. The molecule has 4 nitrogen and oxygen atoms in total. The first kappa shape index (κ1) is 19.2. The maximum Gasteiger partial charge on any atom is 0.223 e. The third-order valence-corrected chi connectivity index (χ3v) is 5.96. The summed E-state index contributed by atoms with van der Waals surface area (Å²) in [6.45, 7) is 2.69. The lowest BCUT2D eigenvalue weighted by molar-refractivity contribution is -0.127. The number of aliphatic hydroxyl groups excluding tert-OH is 1. The summed E-state index contributed by atoms with van der Waals surface area (Å²) in [5.74, 6) is 1.91. The van der Waals surface area contributed by atoms with Crippen molar-refractivity contribution in [2.75, 3.05) is 6.61 Å². The van der Waals surface area contributed by atoms with Gasteiger partial charge in [-0.25, -0.2) is 0 Å². The third kappa shape index (κ3) is 5.47. The Labute approximate surface area is 157 Å². The molecule has 3 rings (SSSR count). The van der Waals surface area contributed by atoms with E-state index in [9.17, 15) is 9.90 Å². The zero-order chi connectivity index (χ0) is 18.4. The quantitative estimate of drug-likeness (QED) is 0.811. The van der Waals surface area contributed by atoms with E-state index in [2.05, 4.69) is 17.4 Å². The fourth-order valence-electron chi connectivity index (χ4n) is 4.48. The van der Waals surface area contributed by atoms with Crippen molar-refractivity contribution in [3.8, 4) is 5.75 Å². The van der Waals surface area contributed by atoms with E-state index in [1.54, 1.807) is 0 Å². The predicted octanol–water partition coefficient (Wildman–Crippen LogP) is 3.85. The largest absolute Gasteiger partial charge is 0.494 e. The van der Waals surface area contributed by atoms with E-state index in [0.717, 1.165) is 57.1 Å². The molecule has 2 aliphatic carbocycles. The molecule has 2 aliphatic rings. The Morgan fingerprint density at radius 3 is 2.54 bits per heavy atom. The number of carbonyl (C=O) groups excluding carboxylic acids is 1. The summed E-state index contributed by atoms with van der Waals surface area (Å²) >= 11 is 0. The maximum absolute atomic E-state index is 12.7. The van der Waals surface area contributed by atoms with Crippen LogP contribution in [-0.2, 0) is 11.2 Å². The third-order valence-electron chi connectivity index (χ3n) is 5.96. The van der Waals surface area contributed by atoms with Crippen molar-refractivity contribution < 1.29 is 14.6 Å². The highest BCUT2D eigenvalue weighted by molar-refractivity contribution is 5.79. The average molecular weight is 360 g/mol. The molecule has 0 spiro atoms. The molecule has 2 N–H and O–H groups in total. The minimum absolute atomic E-state index is 0.156. The summed E-state index contributed by atoms with van der Waals surface area (Å²) < 4.78 is 5.51. The Balaban J connectivity index is 1.48. The van der Waals surface area contributed by atoms with Crippen molar-refractivity contribution in [2.24, 2.45) is 11.8 Å². The van der Waals surface area contributed by atoms with Crippen LogP contribution >= 0.6 is 0 Å². The Morgan fingerprint density at radius 2 is 1.85 bits per heavy atom. The van der Waals surface area contributed by atoms with Gasteiger partial charge < -0.3 is 15.2 Å². The zero-order valence-electron chi connectivity index (χ0n) is 16.0. The van der Waals surface area contributed by atoms with Crippen LogP contribution in [-0.4, -0.2) is 29.8 Å². The van der Waals surface area contributed by atoms with Crippen molar-refractivity contribution in [3.63, 3.8) is 0 Å². The van der Waals surface area contributed by atoms with Gasteiger partial charge in [-0.15, -0.1) is 0 Å². The number of amides is 1. The summed E-state index contributed by atoms with van der Waals surface area (Å²) in [7, 11) is 0. The topological polar surface area (TPSA) is 58.6 Å². The van der Waals surface area contributed by atoms with Crippen LogP contribution in [0.25, 0.3) is 0 Å². The van der Waals surface area contributed by atoms with Crippen LogP contribution in [0.3, 0.4) is 0 Å². The van der Waals surface area contributed by atoms with E-state index in [1.165, 1.54) is 12.0 Å². The first-order chi connectivity index (χ1) is 12.6. The summed E-state index contributed by atoms with van der Waals surface area (Å²) in [6.07, 6.45) is 8.70. The second-order valence-corrected chi connectivity index (χ2v) is 8.02. The molecule has 2 saturated carbocycles. The van der Waals surface area contributed by atoms with Gasteiger partial charge in [0.05, 0.1) is 12.7 Å². The monoisotopic (exact) mass is 359 g/mol. The minimum atomic E-state index is -0.170. The fourth-order valence-corrected chi connectivity index (χ4v) is 4.48. The molecule has 2 atom stereocenters. The van der Waals surface area contributed by atoms with Crippen LogP contribution in [0.5, 0.6) is 5.75 Å². The van der Waals surface area contributed by atoms with Crippen LogP contribution in [0.2, 0.25) is 0 Å². The summed E-state index contributed by atoms with van der Waals surface area (Å²) in [5.41, 5.74) is 1.33. The molecule has 4 heteroatoms. The van der Waals surface area contributed by atoms with Gasteiger partial charge in [0.1, 0.15) is 5.75 Å². The molecule has 1 aromatic carbocycles. The Hall–Kier alpha value is -1.55. The normalized spacial score (nSPS) is 29.2. The van der Waals surface area contributed by atoms with E-state index in [4.69, 9.17) is 4.74 Å². The van der Waals surface area contributed by atoms with Gasteiger partial charge in [-0.1, -0.05) is 25.0 Å². The molecule has 0 saturated heterocycles. The predicted molar refractivity (Wildman–Crippen MR) is 103 cm³/mol. The molecule has 26 heavy (non-hydrogen) atoms. The van der Waals surface area contributed by atoms with E-state index in [0.29, 0.717) is 12.5 Å². The molecule has 1 aromatic rings. The molecule has 0 aliphatic heterocycles. The number of carbonyl (C=O) groups is 1. The Morgan fingerprint density at radius 1 is 1.12 bits per heavy atom. The van der Waals surface area contributed by atoms with Gasteiger partial charge in [0.15, 0.2) is 0 Å². The van der Waals surface area contributed by atoms with Crippen LogP contribution in [0.1, 0.15) is 63.9 Å². The molecule has 1 amide bonds. The van der Waals surface area contributed by atoms with Crippen molar-refractivity contribution in [1.82, 2.24) is 5.32 Å². The average Bonchev–Trinajstić information content (AvgIpc) is 2.66. The van der Waals surface area contributed by atoms with Crippen molar-refractivity contribution >= 4 is 5.91 Å². The maximum atomic E-state index is 12.7. The first-order valence-electron chi connectivity index (χ1n) is 10.3. The number of benzene rings is 1. The van der Waals surface area contributed by atoms with Gasteiger partial charge in [0, 0.05) is 12.0 Å². The van der Waals surface area contributed by atoms with Gasteiger partial charge in [-0.05, 0) is 75.5 Å². The summed E-state index contributed by atoms with van der Waals surface area (Å²) in [5, 5.41) is 12.9. The Kier molecular flexibility index (Phi) is 6.95. The van der Waals surface area contributed by atoms with Crippen molar-refractivity contribution in [3.05, 3.63) is 29.8 Å². The molecule has 0 bridgehead atoms. The lowest BCUT2D eigenvalue weighted by atomic mass is 9.78. The number of ether oxygens (including phenoxy) is 1. The van der Waals surface area contributed by atoms with Gasteiger partial charge in [-0.3, -0.25) is 4.79 Å². The number of rotatable bonds is 6. The molecule has 0 heterocycles. The van der Waals surface area contributed by atoms with Crippen LogP contribution in [0.4, 0.5) is 0 Å². The summed E-state index contributed by atoms with van der Waals surface area (Å²) in [6, 6.07) is 8.66. The van der Waals surface area contributed by atoms with Crippen LogP contribution in [0, 0.1) is 11.8 Å². The first-order valence-corrected chi connectivity index (χ1v) is 10.3. The van der Waals surface area contributed by atoms with Crippen molar-refractivity contribution in [2.45, 2.75) is 76.9 Å². The van der Waals surface area contributed by atoms with Crippen LogP contribution in [0.15, 0.2) is 24.3 Å². The minimum Gasteiger partial charge on any atom is -0.494 e. The lowest BCUT2D eigenvalue weighted by Crippen LogP contribution is -2.42. The fraction of sp³-hybridized carbons (Fsp3) is 0.682. The number of aliphatic hydroxyl groups is 1. The molecular weight excluding hydrogens is 326 g/mol. The molecule has 0 radical (unpaired) electrons. The molecule has 144 valence electrons. The molecule has 0 aromatic heterocycles. The second kappa shape index (κ2) is 9.40. The van der Waals surface area contributed by atoms with Crippen molar-refractivity contribution in [1.29, 1.82) is 0 Å². The highest BCUT2D eigenvalue weighted by atomic mass is 16.5. The summed E-state index contributed by atoms with van der Waals surface area (Å²) in [4.78, 5) is 12.7. The number of hydrogen-bond donors (Lipinski definition) is 2. The smallest absolute Gasteiger partial charge is 0.223 e. The second-order valence-electron chi connectivity index (χ2n) is 8.02. The number of nitrogens with one attached hydrogen (secondary N) is 1. The van der Waals surface area contributed by atoms with Gasteiger partial charge in [0.25, 0.3) is 0 Å². The van der Waals surface area contributed by atoms with E-state index in [-0.39, 0.29) is 24.0 Å². The molecule has 2 fully saturated rings. The zero-order valence-corrected chi connectivity index (χ0v) is 16.0. The highest BCUT2D eigenvalue weighted by Crippen LogP contribution is 2.32. The SMILES string of the molecule is CCOc1ccc(C[C@@H]2CCC[C@@H](C(=O)NC3CCC(O)CC3)C2)cc1. The molecular formula is C22H33NO3. The van der Waals surface area contributed by atoms with Gasteiger partial charge >= 0.3 is 0 Å².